The van der Waals surface area contributed by atoms with E-state index in [0.29, 0.717) is 5.84 Å². The molecule has 3 heteroatoms. The molecule has 21 heavy (non-hydrogen) atoms. The molecule has 0 saturated carbocycles. The summed E-state index contributed by atoms with van der Waals surface area (Å²) in [4.78, 5) is 4.31. The average molecular weight is 295 g/mol. The summed E-state index contributed by atoms with van der Waals surface area (Å²) in [5.41, 5.74) is 8.83. The van der Waals surface area contributed by atoms with Crippen LogP contribution in [0.15, 0.2) is 71.7 Å². The minimum Gasteiger partial charge on any atom is -0.386 e. The van der Waals surface area contributed by atoms with Crippen LogP contribution < -0.4 is 5.73 Å². The van der Waals surface area contributed by atoms with Crippen molar-refractivity contribution in [1.29, 1.82) is 0 Å². The number of nitrogens with two attached hydrogens (primary N) is 1. The molecule has 0 aliphatic carbocycles. The number of hydrogen-bond acceptors (Lipinski definition) is 1. The Bertz CT molecular complexity index is 804. The van der Waals surface area contributed by atoms with Crippen molar-refractivity contribution in [3.05, 3.63) is 66.7 Å². The second-order valence-corrected chi connectivity index (χ2v) is 5.08. The van der Waals surface area contributed by atoms with Crippen LogP contribution in [0.3, 0.4) is 0 Å². The van der Waals surface area contributed by atoms with Crippen LogP contribution in [-0.4, -0.2) is 11.7 Å². The number of alkyl halides is 1. The number of fused-ring (bicyclic) bond motifs is 1. The summed E-state index contributed by atoms with van der Waals surface area (Å²) in [6, 6.07) is 22.7. The highest BCUT2D eigenvalue weighted by atomic mass is 35.5. The van der Waals surface area contributed by atoms with Crippen LogP contribution in [0.5, 0.6) is 0 Å². The van der Waals surface area contributed by atoms with Gasteiger partial charge < -0.3 is 5.73 Å². The summed E-state index contributed by atoms with van der Waals surface area (Å²) in [5.74, 6) is 0.658. The molecule has 0 bridgehead atoms. The van der Waals surface area contributed by atoms with Crippen LogP contribution in [0.1, 0.15) is 0 Å². The molecule has 0 aromatic heterocycles. The van der Waals surface area contributed by atoms with Crippen molar-refractivity contribution in [2.24, 2.45) is 10.7 Å². The van der Waals surface area contributed by atoms with Gasteiger partial charge in [-0.25, -0.2) is 4.99 Å². The molecule has 0 fully saturated rings. The van der Waals surface area contributed by atoms with Crippen LogP contribution in [0.2, 0.25) is 0 Å². The fourth-order valence-electron chi connectivity index (χ4n) is 2.42. The normalized spacial score (nSPS) is 11.8. The van der Waals surface area contributed by atoms with Gasteiger partial charge in [-0.05, 0) is 34.0 Å². The SMILES string of the molecule is NC(CCl)=Nc1cccc(-c2cccc3ccccc23)c1. The molecule has 2 N–H and O–H groups in total. The van der Waals surface area contributed by atoms with E-state index < -0.39 is 0 Å². The van der Waals surface area contributed by atoms with E-state index in [1.54, 1.807) is 0 Å². The van der Waals surface area contributed by atoms with E-state index >= 15 is 0 Å². The zero-order valence-electron chi connectivity index (χ0n) is 11.5. The van der Waals surface area contributed by atoms with Gasteiger partial charge in [-0.3, -0.25) is 0 Å². The smallest absolute Gasteiger partial charge is 0.115 e. The molecule has 3 aromatic carbocycles. The Hall–Kier alpha value is -2.32. The van der Waals surface area contributed by atoms with Crippen molar-refractivity contribution in [3.63, 3.8) is 0 Å². The minimum atomic E-state index is 0.235. The predicted molar refractivity (Wildman–Crippen MR) is 91.4 cm³/mol. The highest BCUT2D eigenvalue weighted by molar-refractivity contribution is 6.28. The van der Waals surface area contributed by atoms with E-state index in [2.05, 4.69) is 47.5 Å². The van der Waals surface area contributed by atoms with Crippen molar-refractivity contribution in [3.8, 4) is 11.1 Å². The summed E-state index contributed by atoms with van der Waals surface area (Å²) in [6.45, 7) is 0. The molecule has 0 atom stereocenters. The molecule has 0 unspecified atom stereocenters. The number of aliphatic imine (C=N–C) groups is 1. The number of halogens is 1. The van der Waals surface area contributed by atoms with Crippen molar-refractivity contribution < 1.29 is 0 Å². The molecular weight excluding hydrogens is 280 g/mol. The summed E-state index contributed by atoms with van der Waals surface area (Å²) < 4.78 is 0. The Morgan fingerprint density at radius 1 is 0.952 bits per heavy atom. The number of benzene rings is 3. The third-order valence-corrected chi connectivity index (χ3v) is 3.63. The van der Waals surface area contributed by atoms with Crippen molar-refractivity contribution in [2.45, 2.75) is 0 Å². The molecule has 0 aliphatic rings. The third-order valence-electron chi connectivity index (χ3n) is 3.36. The van der Waals surface area contributed by atoms with Crippen LogP contribution >= 0.6 is 11.6 Å². The first kappa shape index (κ1) is 13.7. The zero-order chi connectivity index (χ0) is 14.7. The molecule has 0 aliphatic heterocycles. The van der Waals surface area contributed by atoms with Gasteiger partial charge in [-0.1, -0.05) is 54.6 Å². The highest BCUT2D eigenvalue weighted by Gasteiger charge is 2.04. The lowest BCUT2D eigenvalue weighted by Crippen LogP contribution is -2.12. The van der Waals surface area contributed by atoms with Gasteiger partial charge >= 0.3 is 0 Å². The molecule has 104 valence electrons. The van der Waals surface area contributed by atoms with Crippen LogP contribution in [0.25, 0.3) is 21.9 Å². The van der Waals surface area contributed by atoms with Gasteiger partial charge in [0.2, 0.25) is 0 Å². The molecule has 3 rings (SSSR count). The van der Waals surface area contributed by atoms with Gasteiger partial charge in [0.1, 0.15) is 5.84 Å². The number of rotatable bonds is 3. The summed E-state index contributed by atoms with van der Waals surface area (Å²) >= 11 is 5.68. The molecule has 0 radical (unpaired) electrons. The van der Waals surface area contributed by atoms with Gasteiger partial charge in [0, 0.05) is 0 Å². The Morgan fingerprint density at radius 3 is 2.57 bits per heavy atom. The molecule has 0 heterocycles. The Morgan fingerprint density at radius 2 is 1.71 bits per heavy atom. The Balaban J connectivity index is 2.13. The maximum Gasteiger partial charge on any atom is 0.115 e. The molecular formula is C18H15ClN2. The molecule has 0 spiro atoms. The van der Waals surface area contributed by atoms with E-state index in [4.69, 9.17) is 17.3 Å². The Labute approximate surface area is 128 Å². The fourth-order valence-corrected chi connectivity index (χ4v) is 2.48. The average Bonchev–Trinajstić information content (AvgIpc) is 2.54. The van der Waals surface area contributed by atoms with Crippen LogP contribution in [0.4, 0.5) is 5.69 Å². The van der Waals surface area contributed by atoms with E-state index in [9.17, 15) is 0 Å². The maximum atomic E-state index is 5.70. The number of nitrogens with zero attached hydrogens (tertiary/aromatic N) is 1. The summed E-state index contributed by atoms with van der Waals surface area (Å²) in [5, 5.41) is 2.45. The summed E-state index contributed by atoms with van der Waals surface area (Å²) in [6.07, 6.45) is 0. The van der Waals surface area contributed by atoms with Crippen molar-refractivity contribution in [2.75, 3.05) is 5.88 Å². The largest absolute Gasteiger partial charge is 0.386 e. The number of hydrogen-bond donors (Lipinski definition) is 1. The first-order valence-electron chi connectivity index (χ1n) is 6.75. The lowest BCUT2D eigenvalue weighted by atomic mass is 9.98. The standard InChI is InChI=1S/C18H15ClN2/c19-12-18(20)21-15-8-3-7-14(11-15)17-10-4-6-13-5-1-2-9-16(13)17/h1-11H,12H2,(H2,20,21). The van der Waals surface area contributed by atoms with Gasteiger partial charge in [0.25, 0.3) is 0 Å². The van der Waals surface area contributed by atoms with Crippen molar-refractivity contribution >= 4 is 33.9 Å². The monoisotopic (exact) mass is 294 g/mol. The zero-order valence-corrected chi connectivity index (χ0v) is 12.2. The predicted octanol–water partition coefficient (Wildman–Crippen LogP) is 4.73. The maximum absolute atomic E-state index is 5.70. The number of amidine groups is 1. The second-order valence-electron chi connectivity index (χ2n) is 4.81. The second kappa shape index (κ2) is 5.98. The molecule has 2 nitrogen and oxygen atoms in total. The quantitative estimate of drug-likeness (QED) is 0.423. The fraction of sp³-hybridized carbons (Fsp3) is 0.0556. The van der Waals surface area contributed by atoms with Crippen molar-refractivity contribution in [1.82, 2.24) is 0 Å². The first-order chi connectivity index (χ1) is 10.3. The third kappa shape index (κ3) is 2.91. The lowest BCUT2D eigenvalue weighted by molar-refractivity contribution is 1.45. The van der Waals surface area contributed by atoms with Crippen LogP contribution in [-0.2, 0) is 0 Å². The van der Waals surface area contributed by atoms with Gasteiger partial charge in [0.05, 0.1) is 11.6 Å². The topological polar surface area (TPSA) is 38.4 Å². The van der Waals surface area contributed by atoms with E-state index in [0.717, 1.165) is 11.3 Å². The van der Waals surface area contributed by atoms with E-state index in [1.807, 2.05) is 24.3 Å². The highest BCUT2D eigenvalue weighted by Crippen LogP contribution is 2.30. The molecule has 0 amide bonds. The van der Waals surface area contributed by atoms with Gasteiger partial charge in [0.15, 0.2) is 0 Å². The van der Waals surface area contributed by atoms with Gasteiger partial charge in [-0.15, -0.1) is 11.6 Å². The Kier molecular flexibility index (Phi) is 3.89. The molecule has 0 saturated heterocycles. The van der Waals surface area contributed by atoms with Gasteiger partial charge in [-0.2, -0.15) is 0 Å². The minimum absolute atomic E-state index is 0.235. The first-order valence-corrected chi connectivity index (χ1v) is 7.28. The lowest BCUT2D eigenvalue weighted by Gasteiger charge is -2.07. The van der Waals surface area contributed by atoms with Crippen LogP contribution in [0, 0.1) is 0 Å². The van der Waals surface area contributed by atoms with E-state index in [1.165, 1.54) is 16.3 Å². The molecule has 3 aromatic rings. The van der Waals surface area contributed by atoms with E-state index in [-0.39, 0.29) is 5.88 Å². The summed E-state index contributed by atoms with van der Waals surface area (Å²) in [7, 11) is 0.